The van der Waals surface area contributed by atoms with E-state index in [-0.39, 0.29) is 11.8 Å². The number of hydrogen-bond donors (Lipinski definition) is 1. The van der Waals surface area contributed by atoms with Gasteiger partial charge in [0.2, 0.25) is 11.9 Å². The van der Waals surface area contributed by atoms with Crippen LogP contribution < -0.4 is 4.90 Å². The molecule has 37 heavy (non-hydrogen) atoms. The quantitative estimate of drug-likeness (QED) is 0.387. The summed E-state index contributed by atoms with van der Waals surface area (Å²) in [7, 11) is 0. The molecule has 2 aliphatic rings. The van der Waals surface area contributed by atoms with Crippen molar-refractivity contribution in [2.24, 2.45) is 0 Å². The highest BCUT2D eigenvalue weighted by molar-refractivity contribution is 5.94. The van der Waals surface area contributed by atoms with Crippen molar-refractivity contribution in [2.75, 3.05) is 11.4 Å². The van der Waals surface area contributed by atoms with E-state index in [1.54, 1.807) is 0 Å². The van der Waals surface area contributed by atoms with E-state index in [0.29, 0.717) is 19.5 Å². The number of fused-ring (bicyclic) bond motifs is 1. The van der Waals surface area contributed by atoms with Crippen LogP contribution in [0.15, 0.2) is 78.4 Å². The Balaban J connectivity index is 1.50. The average Bonchev–Trinajstić information content (AvgIpc) is 3.59. The molecule has 2 aromatic heterocycles. The predicted molar refractivity (Wildman–Crippen MR) is 143 cm³/mol. The molecule has 1 aliphatic carbocycles. The summed E-state index contributed by atoms with van der Waals surface area (Å²) >= 11 is 0. The van der Waals surface area contributed by atoms with Crippen molar-refractivity contribution in [1.29, 1.82) is 0 Å². The second-order valence-electron chi connectivity index (χ2n) is 9.97. The number of hydrogen-bond acceptors (Lipinski definition) is 5. The first-order valence-electron chi connectivity index (χ1n) is 13.1. The van der Waals surface area contributed by atoms with Gasteiger partial charge in [0.25, 0.3) is 0 Å². The Kier molecular flexibility index (Phi) is 6.16. The topological polar surface area (TPSA) is 92.6 Å². The van der Waals surface area contributed by atoms with Crippen LogP contribution in [0, 0.1) is 0 Å². The number of rotatable bonds is 7. The van der Waals surface area contributed by atoms with Gasteiger partial charge in [-0.3, -0.25) is 9.69 Å². The van der Waals surface area contributed by atoms with Crippen LogP contribution in [0.2, 0.25) is 0 Å². The minimum Gasteiger partial charge on any atom is -0.306 e. The molecule has 2 aromatic carbocycles. The van der Waals surface area contributed by atoms with Gasteiger partial charge in [0.15, 0.2) is 5.82 Å². The molecular weight excluding hydrogens is 462 g/mol. The van der Waals surface area contributed by atoms with Crippen molar-refractivity contribution in [1.82, 2.24) is 30.2 Å². The number of carbonyl (C=O) groups excluding carboxylic acids is 1. The van der Waals surface area contributed by atoms with Gasteiger partial charge in [-0.05, 0) is 53.0 Å². The van der Waals surface area contributed by atoms with Crippen LogP contribution in [0.3, 0.4) is 0 Å². The zero-order valence-corrected chi connectivity index (χ0v) is 21.0. The van der Waals surface area contributed by atoms with Gasteiger partial charge in [-0.15, -0.1) is 5.10 Å². The number of piperidine rings is 1. The summed E-state index contributed by atoms with van der Waals surface area (Å²) in [5.74, 6) is 1.66. The highest BCUT2D eigenvalue weighted by Gasteiger charge is 2.45. The maximum absolute atomic E-state index is 13.0. The molecule has 1 saturated heterocycles. The number of anilines is 1. The number of aromatic amines is 1. The molecule has 0 bridgehead atoms. The lowest BCUT2D eigenvalue weighted by Gasteiger charge is -2.40. The van der Waals surface area contributed by atoms with Gasteiger partial charge < -0.3 is 4.57 Å². The van der Waals surface area contributed by atoms with Crippen LogP contribution in [0.25, 0.3) is 11.0 Å². The predicted octanol–water partition coefficient (Wildman–Crippen LogP) is 5.08. The van der Waals surface area contributed by atoms with Gasteiger partial charge >= 0.3 is 0 Å². The number of benzene rings is 2. The van der Waals surface area contributed by atoms with E-state index in [4.69, 9.17) is 4.98 Å². The summed E-state index contributed by atoms with van der Waals surface area (Å²) in [6.45, 7) is 3.51. The van der Waals surface area contributed by atoms with Gasteiger partial charge in [0.05, 0.1) is 16.4 Å². The fraction of sp³-hybridized carbons (Fsp3) is 0.345. The summed E-state index contributed by atoms with van der Waals surface area (Å²) in [6.07, 6.45) is 11.0. The van der Waals surface area contributed by atoms with E-state index in [1.165, 1.54) is 11.1 Å². The molecule has 1 fully saturated rings. The van der Waals surface area contributed by atoms with E-state index in [2.05, 4.69) is 80.7 Å². The lowest BCUT2D eigenvalue weighted by atomic mass is 9.63. The monoisotopic (exact) mass is 493 g/mol. The fourth-order valence-corrected chi connectivity index (χ4v) is 6.12. The van der Waals surface area contributed by atoms with Crippen LogP contribution in [-0.2, 0) is 16.8 Å². The van der Waals surface area contributed by atoms with Gasteiger partial charge in [0, 0.05) is 25.4 Å². The van der Waals surface area contributed by atoms with Gasteiger partial charge in [-0.2, -0.15) is 0 Å². The summed E-state index contributed by atoms with van der Waals surface area (Å²) in [5.41, 5.74) is 3.95. The van der Waals surface area contributed by atoms with Crippen LogP contribution in [-0.4, -0.2) is 42.6 Å². The van der Waals surface area contributed by atoms with Crippen molar-refractivity contribution in [3.63, 3.8) is 0 Å². The highest BCUT2D eigenvalue weighted by Crippen LogP contribution is 2.49. The SMILES string of the molecule is CCCC1(c2nnn[nH]2)C=CC=C(Cn2c(N3CCCCC3=O)nc3ccccc32)C1c1ccccc1. The molecule has 0 radical (unpaired) electrons. The molecule has 8 heteroatoms. The Bertz CT molecular complexity index is 1450. The third-order valence-electron chi connectivity index (χ3n) is 7.71. The molecule has 6 rings (SSSR count). The number of imidazole rings is 1. The molecule has 2 atom stereocenters. The van der Waals surface area contributed by atoms with Crippen LogP contribution in [0.4, 0.5) is 5.95 Å². The molecule has 2 unspecified atom stereocenters. The summed E-state index contributed by atoms with van der Waals surface area (Å²) < 4.78 is 2.22. The molecule has 8 nitrogen and oxygen atoms in total. The first-order chi connectivity index (χ1) is 18.2. The van der Waals surface area contributed by atoms with E-state index in [9.17, 15) is 4.79 Å². The molecule has 0 saturated carbocycles. The largest absolute Gasteiger partial charge is 0.306 e. The van der Waals surface area contributed by atoms with Crippen LogP contribution in [0.1, 0.15) is 56.3 Å². The molecule has 1 N–H and O–H groups in total. The maximum Gasteiger partial charge on any atom is 0.229 e. The van der Waals surface area contributed by atoms with E-state index in [0.717, 1.165) is 48.5 Å². The van der Waals surface area contributed by atoms with Crippen LogP contribution in [0.5, 0.6) is 0 Å². The molecule has 3 heterocycles. The normalized spacial score (nSPS) is 22.0. The summed E-state index contributed by atoms with van der Waals surface area (Å²) in [5, 5.41) is 15.4. The minimum absolute atomic E-state index is 0.0134. The van der Waals surface area contributed by atoms with Crippen molar-refractivity contribution in [3.8, 4) is 0 Å². The Morgan fingerprint density at radius 1 is 1.08 bits per heavy atom. The van der Waals surface area contributed by atoms with Crippen molar-refractivity contribution in [3.05, 3.63) is 89.8 Å². The number of aromatic nitrogens is 6. The third kappa shape index (κ3) is 4.06. The first-order valence-corrected chi connectivity index (χ1v) is 13.1. The third-order valence-corrected chi connectivity index (χ3v) is 7.71. The molecule has 4 aromatic rings. The Morgan fingerprint density at radius 2 is 1.92 bits per heavy atom. The second kappa shape index (κ2) is 9.76. The number of nitrogens with one attached hydrogen (secondary N) is 1. The van der Waals surface area contributed by atoms with E-state index >= 15 is 0 Å². The molecule has 188 valence electrons. The number of allylic oxidation sites excluding steroid dienone is 4. The first kappa shape index (κ1) is 23.3. The lowest BCUT2D eigenvalue weighted by molar-refractivity contribution is -0.119. The van der Waals surface area contributed by atoms with Crippen molar-refractivity contribution in [2.45, 2.75) is 56.9 Å². The fourth-order valence-electron chi connectivity index (χ4n) is 6.12. The molecule has 0 spiro atoms. The minimum atomic E-state index is -0.415. The number of para-hydroxylation sites is 2. The second-order valence-corrected chi connectivity index (χ2v) is 9.97. The standard InChI is InChI=1S/C29H31N7O/c1-2-17-29(27-31-33-34-32-27)18-10-13-22(26(29)21-11-4-3-5-12-21)20-36-24-15-7-6-14-23(24)30-28(36)35-19-9-8-16-25(35)37/h3-7,10-15,18,26H,2,8-9,16-17,19-20H2,1H3,(H,31,32,33,34). The zero-order chi connectivity index (χ0) is 25.2. The van der Waals surface area contributed by atoms with Crippen molar-refractivity contribution < 1.29 is 4.79 Å². The number of H-pyrrole nitrogens is 1. The number of tetrazole rings is 1. The Morgan fingerprint density at radius 3 is 2.70 bits per heavy atom. The van der Waals surface area contributed by atoms with Gasteiger partial charge in [-0.25, -0.2) is 10.1 Å². The van der Waals surface area contributed by atoms with E-state index in [1.807, 2.05) is 29.2 Å². The number of carbonyl (C=O) groups is 1. The van der Waals surface area contributed by atoms with Crippen molar-refractivity contribution >= 4 is 22.9 Å². The highest BCUT2D eigenvalue weighted by atomic mass is 16.2. The Hall–Kier alpha value is -4.07. The number of nitrogens with zero attached hydrogens (tertiary/aromatic N) is 6. The van der Waals surface area contributed by atoms with E-state index < -0.39 is 5.41 Å². The lowest BCUT2D eigenvalue weighted by Crippen LogP contribution is -2.38. The van der Waals surface area contributed by atoms with Crippen LogP contribution >= 0.6 is 0 Å². The smallest absolute Gasteiger partial charge is 0.229 e. The van der Waals surface area contributed by atoms with Gasteiger partial charge in [0.1, 0.15) is 0 Å². The Labute approximate surface area is 216 Å². The molecule has 1 amide bonds. The average molecular weight is 494 g/mol. The maximum atomic E-state index is 13.0. The van der Waals surface area contributed by atoms with Gasteiger partial charge in [-0.1, -0.05) is 74.0 Å². The molecule has 1 aliphatic heterocycles. The molecular formula is C29H31N7O. The number of amides is 1. The summed E-state index contributed by atoms with van der Waals surface area (Å²) in [4.78, 5) is 19.8. The zero-order valence-electron chi connectivity index (χ0n) is 21.0. The summed E-state index contributed by atoms with van der Waals surface area (Å²) in [6, 6.07) is 18.8.